The van der Waals surface area contributed by atoms with Crippen molar-refractivity contribution in [2.75, 3.05) is 5.75 Å². The van der Waals surface area contributed by atoms with E-state index in [2.05, 4.69) is 15.1 Å². The van der Waals surface area contributed by atoms with Crippen LogP contribution in [-0.2, 0) is 9.53 Å². The van der Waals surface area contributed by atoms with Gasteiger partial charge < -0.3 is 9.26 Å². The van der Waals surface area contributed by atoms with Gasteiger partial charge in [0.2, 0.25) is 0 Å². The molecule has 0 saturated heterocycles. The maximum absolute atomic E-state index is 11.8. The van der Waals surface area contributed by atoms with E-state index in [1.165, 1.54) is 11.8 Å². The van der Waals surface area contributed by atoms with Gasteiger partial charge in [0.05, 0.1) is 5.75 Å². The lowest BCUT2D eigenvalue weighted by atomic mass is 10.4. The van der Waals surface area contributed by atoms with Gasteiger partial charge in [-0.3, -0.25) is 9.78 Å². The predicted octanol–water partition coefficient (Wildman–Crippen LogP) is 2.74. The highest BCUT2D eigenvalue weighted by molar-refractivity contribution is 8.00. The predicted molar refractivity (Wildman–Crippen MR) is 75.7 cm³/mol. The Morgan fingerprint density at radius 1 is 1.48 bits per heavy atom. The maximum atomic E-state index is 11.8. The number of hydrogen-bond donors (Lipinski definition) is 0. The molecule has 110 valence electrons. The van der Waals surface area contributed by atoms with E-state index < -0.39 is 6.10 Å². The Labute approximate surface area is 126 Å². The second kappa shape index (κ2) is 6.26. The highest BCUT2D eigenvalue weighted by atomic mass is 32.2. The summed E-state index contributed by atoms with van der Waals surface area (Å²) in [7, 11) is 0. The molecular formula is C14H15N3O3S. The number of thioether (sulfide) groups is 1. The molecule has 1 aliphatic rings. The number of esters is 1. The van der Waals surface area contributed by atoms with Gasteiger partial charge in [0.15, 0.2) is 11.9 Å². The Hall–Kier alpha value is -1.89. The van der Waals surface area contributed by atoms with E-state index in [4.69, 9.17) is 9.26 Å². The molecule has 1 aliphatic carbocycles. The number of pyridine rings is 1. The van der Waals surface area contributed by atoms with Crippen molar-refractivity contribution in [2.45, 2.75) is 36.7 Å². The van der Waals surface area contributed by atoms with Crippen LogP contribution in [0.5, 0.6) is 0 Å². The summed E-state index contributed by atoms with van der Waals surface area (Å²) in [6, 6.07) is 3.70. The van der Waals surface area contributed by atoms with Crippen LogP contribution in [0.4, 0.5) is 0 Å². The van der Waals surface area contributed by atoms with Gasteiger partial charge in [-0.2, -0.15) is 4.98 Å². The van der Waals surface area contributed by atoms with Crippen LogP contribution in [0.1, 0.15) is 43.5 Å². The van der Waals surface area contributed by atoms with Crippen molar-refractivity contribution in [3.05, 3.63) is 36.2 Å². The molecule has 2 aromatic heterocycles. The number of rotatable bonds is 6. The normalized spacial score (nSPS) is 15.7. The van der Waals surface area contributed by atoms with Crippen molar-refractivity contribution in [2.24, 2.45) is 0 Å². The molecule has 2 heterocycles. The molecule has 0 aromatic carbocycles. The first kappa shape index (κ1) is 14.1. The summed E-state index contributed by atoms with van der Waals surface area (Å²) in [5.74, 6) is 1.43. The van der Waals surface area contributed by atoms with E-state index in [1.54, 1.807) is 19.3 Å². The summed E-state index contributed by atoms with van der Waals surface area (Å²) < 4.78 is 10.4. The van der Waals surface area contributed by atoms with Gasteiger partial charge in [0, 0.05) is 23.2 Å². The van der Waals surface area contributed by atoms with Crippen molar-refractivity contribution in [3.8, 4) is 0 Å². The Morgan fingerprint density at radius 2 is 2.24 bits per heavy atom. The zero-order valence-electron chi connectivity index (χ0n) is 11.6. The lowest BCUT2D eigenvalue weighted by Gasteiger charge is -2.08. The fourth-order valence-electron chi connectivity index (χ4n) is 1.78. The summed E-state index contributed by atoms with van der Waals surface area (Å²) in [6.07, 6.45) is 5.07. The zero-order valence-corrected chi connectivity index (χ0v) is 12.4. The summed E-state index contributed by atoms with van der Waals surface area (Å²) in [6.45, 7) is 1.74. The first-order valence-electron chi connectivity index (χ1n) is 6.78. The average Bonchev–Trinajstić information content (AvgIpc) is 3.23. The maximum Gasteiger partial charge on any atom is 0.317 e. The Morgan fingerprint density at radius 3 is 2.95 bits per heavy atom. The molecule has 3 rings (SSSR count). The summed E-state index contributed by atoms with van der Waals surface area (Å²) in [5.41, 5.74) is 0. The van der Waals surface area contributed by atoms with E-state index in [-0.39, 0.29) is 11.7 Å². The quantitative estimate of drug-likeness (QED) is 0.599. The zero-order chi connectivity index (χ0) is 14.7. The number of nitrogens with zero attached hydrogens (tertiary/aromatic N) is 3. The first-order valence-corrected chi connectivity index (χ1v) is 7.77. The lowest BCUT2D eigenvalue weighted by Crippen LogP contribution is -2.11. The number of aromatic nitrogens is 3. The Bertz CT molecular complexity index is 613. The van der Waals surface area contributed by atoms with Gasteiger partial charge >= 0.3 is 5.97 Å². The van der Waals surface area contributed by atoms with Crippen molar-refractivity contribution >= 4 is 17.7 Å². The van der Waals surface area contributed by atoms with Gasteiger partial charge in [0.1, 0.15) is 0 Å². The molecule has 0 radical (unpaired) electrons. The highest BCUT2D eigenvalue weighted by Crippen LogP contribution is 2.38. The van der Waals surface area contributed by atoms with Crippen LogP contribution < -0.4 is 0 Å². The second-order valence-corrected chi connectivity index (χ2v) is 5.92. The lowest BCUT2D eigenvalue weighted by molar-refractivity contribution is -0.146. The van der Waals surface area contributed by atoms with Crippen molar-refractivity contribution < 1.29 is 14.1 Å². The molecule has 6 nitrogen and oxygen atoms in total. The molecule has 0 N–H and O–H groups in total. The van der Waals surface area contributed by atoms with Crippen LogP contribution in [0.25, 0.3) is 0 Å². The molecule has 2 aromatic rings. The minimum Gasteiger partial charge on any atom is -0.452 e. The molecule has 21 heavy (non-hydrogen) atoms. The molecule has 7 heteroatoms. The SMILES string of the molecule is CC(OC(=O)CSc1ccncc1)c1nc(C2CC2)no1. The van der Waals surface area contributed by atoms with Gasteiger partial charge in [-0.1, -0.05) is 5.16 Å². The van der Waals surface area contributed by atoms with E-state index >= 15 is 0 Å². The van der Waals surface area contributed by atoms with Crippen molar-refractivity contribution in [1.29, 1.82) is 0 Å². The van der Waals surface area contributed by atoms with Gasteiger partial charge in [-0.25, -0.2) is 0 Å². The summed E-state index contributed by atoms with van der Waals surface area (Å²) >= 11 is 1.40. The monoisotopic (exact) mass is 305 g/mol. The topological polar surface area (TPSA) is 78.1 Å². The molecule has 0 bridgehead atoms. The largest absolute Gasteiger partial charge is 0.452 e. The van der Waals surface area contributed by atoms with Crippen LogP contribution >= 0.6 is 11.8 Å². The van der Waals surface area contributed by atoms with E-state index in [1.807, 2.05) is 12.1 Å². The minimum atomic E-state index is -0.518. The fourth-order valence-corrected chi connectivity index (χ4v) is 2.44. The van der Waals surface area contributed by atoms with Crippen molar-refractivity contribution in [1.82, 2.24) is 15.1 Å². The number of ether oxygens (including phenoxy) is 1. The number of carbonyl (C=O) groups excluding carboxylic acids is 1. The summed E-state index contributed by atoms with van der Waals surface area (Å²) in [4.78, 5) is 21.0. The third-order valence-corrected chi connectivity index (χ3v) is 4.05. The molecule has 1 atom stereocenters. The number of carbonyl (C=O) groups is 1. The first-order chi connectivity index (χ1) is 10.2. The Kier molecular flexibility index (Phi) is 4.19. The second-order valence-electron chi connectivity index (χ2n) is 4.87. The van der Waals surface area contributed by atoms with Crippen LogP contribution in [-0.4, -0.2) is 26.8 Å². The molecule has 1 unspecified atom stereocenters. The van der Waals surface area contributed by atoms with E-state index in [9.17, 15) is 4.79 Å². The molecule has 1 fully saturated rings. The molecular weight excluding hydrogens is 290 g/mol. The molecule has 1 saturated carbocycles. The molecule has 0 aliphatic heterocycles. The minimum absolute atomic E-state index is 0.234. The van der Waals surface area contributed by atoms with E-state index in [0.717, 1.165) is 23.6 Å². The van der Waals surface area contributed by atoms with E-state index in [0.29, 0.717) is 11.8 Å². The van der Waals surface area contributed by atoms with Crippen LogP contribution in [0.2, 0.25) is 0 Å². The third-order valence-electron chi connectivity index (χ3n) is 3.06. The van der Waals surface area contributed by atoms with Crippen molar-refractivity contribution in [3.63, 3.8) is 0 Å². The van der Waals surface area contributed by atoms with Crippen LogP contribution in [0.15, 0.2) is 33.9 Å². The smallest absolute Gasteiger partial charge is 0.317 e. The van der Waals surface area contributed by atoms with Gasteiger partial charge in [0.25, 0.3) is 5.89 Å². The Balaban J connectivity index is 1.49. The van der Waals surface area contributed by atoms with Gasteiger partial charge in [-0.15, -0.1) is 11.8 Å². The molecule has 0 spiro atoms. The molecule has 0 amide bonds. The number of hydrogen-bond acceptors (Lipinski definition) is 7. The average molecular weight is 305 g/mol. The standard InChI is InChI=1S/C14H15N3O3S/c1-9(14-16-13(17-20-14)10-2-3-10)19-12(18)8-21-11-4-6-15-7-5-11/h4-7,9-10H,2-3,8H2,1H3. The summed E-state index contributed by atoms with van der Waals surface area (Å²) in [5, 5.41) is 3.91. The third kappa shape index (κ3) is 3.81. The van der Waals surface area contributed by atoms with Crippen LogP contribution in [0, 0.1) is 0 Å². The fraction of sp³-hybridized carbons (Fsp3) is 0.429. The highest BCUT2D eigenvalue weighted by Gasteiger charge is 2.30. The van der Waals surface area contributed by atoms with Gasteiger partial charge in [-0.05, 0) is 31.9 Å². The van der Waals surface area contributed by atoms with Crippen LogP contribution in [0.3, 0.4) is 0 Å².